The Hall–Kier alpha value is -1.88. The van der Waals surface area contributed by atoms with Crippen LogP contribution in [0.1, 0.15) is 19.0 Å². The maximum Gasteiger partial charge on any atom is 0.119 e. The third-order valence-electron chi connectivity index (χ3n) is 2.98. The first kappa shape index (κ1) is 14.5. The Labute approximate surface area is 120 Å². The molecule has 5 nitrogen and oxygen atoms in total. The second-order valence-electron chi connectivity index (χ2n) is 4.86. The van der Waals surface area contributed by atoms with Gasteiger partial charge in [0.15, 0.2) is 0 Å². The van der Waals surface area contributed by atoms with Gasteiger partial charge in [0.2, 0.25) is 0 Å². The Bertz CT molecular complexity index is 498. The highest BCUT2D eigenvalue weighted by Crippen LogP contribution is 2.09. The van der Waals surface area contributed by atoms with Crippen LogP contribution >= 0.6 is 0 Å². The summed E-state index contributed by atoms with van der Waals surface area (Å²) in [6, 6.07) is 10.1. The Balaban J connectivity index is 1.89. The minimum Gasteiger partial charge on any atom is -0.492 e. The summed E-state index contributed by atoms with van der Waals surface area (Å²) in [5.41, 5.74) is 0.984. The average Bonchev–Trinajstić information content (AvgIpc) is 2.88. The fourth-order valence-electron chi connectivity index (χ4n) is 1.99. The lowest BCUT2D eigenvalue weighted by atomic mass is 10.1. The number of aromatic nitrogens is 3. The highest BCUT2D eigenvalue weighted by Gasteiger charge is 2.12. The van der Waals surface area contributed by atoms with Gasteiger partial charge in [0.1, 0.15) is 12.4 Å². The molecule has 0 amide bonds. The van der Waals surface area contributed by atoms with Gasteiger partial charge in [-0.2, -0.15) is 0 Å². The molecule has 0 radical (unpaired) electrons. The second-order valence-corrected chi connectivity index (χ2v) is 4.86. The maximum atomic E-state index is 5.83. The number of hydrogen-bond donors (Lipinski definition) is 1. The first-order chi connectivity index (χ1) is 9.78. The predicted octanol–water partition coefficient (Wildman–Crippen LogP) is 1.80. The van der Waals surface area contributed by atoms with Crippen molar-refractivity contribution >= 4 is 0 Å². The van der Waals surface area contributed by atoms with Crippen LogP contribution in [0.3, 0.4) is 0 Å². The number of ether oxygens (including phenoxy) is 1. The zero-order valence-corrected chi connectivity index (χ0v) is 12.1. The lowest BCUT2D eigenvalue weighted by molar-refractivity contribution is 0.262. The molecule has 0 aliphatic rings. The molecule has 0 aliphatic carbocycles. The fraction of sp³-hybridized carbons (Fsp3) is 0.467. The zero-order valence-electron chi connectivity index (χ0n) is 12.1. The summed E-state index contributed by atoms with van der Waals surface area (Å²) >= 11 is 0. The minimum atomic E-state index is 0.242. The molecule has 2 rings (SSSR count). The molecule has 1 heterocycles. The van der Waals surface area contributed by atoms with Crippen LogP contribution in [0, 0.1) is 0 Å². The molecule has 1 aromatic heterocycles. The van der Waals surface area contributed by atoms with Crippen molar-refractivity contribution in [1.29, 1.82) is 0 Å². The first-order valence-electron chi connectivity index (χ1n) is 7.04. The standard InChI is InChI=1S/C15H22N4O/c1-3-9-16-14(10-13-11-19(2)18-17-13)12-20-15-7-5-4-6-8-15/h4-8,11,14,16H,3,9-10,12H2,1-2H3. The summed E-state index contributed by atoms with van der Waals surface area (Å²) in [6.07, 6.45) is 3.87. The molecule has 0 saturated heterocycles. The van der Waals surface area contributed by atoms with E-state index in [0.717, 1.165) is 30.8 Å². The number of nitrogens with zero attached hydrogens (tertiary/aromatic N) is 3. The van der Waals surface area contributed by atoms with Crippen molar-refractivity contribution < 1.29 is 4.74 Å². The third-order valence-corrected chi connectivity index (χ3v) is 2.98. The maximum absolute atomic E-state index is 5.83. The summed E-state index contributed by atoms with van der Waals surface area (Å²) in [5, 5.41) is 11.6. The molecular formula is C15H22N4O. The molecule has 0 bridgehead atoms. The van der Waals surface area contributed by atoms with Gasteiger partial charge in [-0.3, -0.25) is 4.68 Å². The van der Waals surface area contributed by atoms with Crippen molar-refractivity contribution in [2.24, 2.45) is 7.05 Å². The predicted molar refractivity (Wildman–Crippen MR) is 78.7 cm³/mol. The van der Waals surface area contributed by atoms with Crippen molar-refractivity contribution in [1.82, 2.24) is 20.3 Å². The van der Waals surface area contributed by atoms with Crippen LogP contribution in [0.5, 0.6) is 5.75 Å². The van der Waals surface area contributed by atoms with E-state index in [9.17, 15) is 0 Å². The van der Waals surface area contributed by atoms with Crippen molar-refractivity contribution in [3.63, 3.8) is 0 Å². The summed E-state index contributed by atoms with van der Waals surface area (Å²) in [5.74, 6) is 0.898. The highest BCUT2D eigenvalue weighted by molar-refractivity contribution is 5.21. The zero-order chi connectivity index (χ0) is 14.2. The van der Waals surface area contributed by atoms with E-state index < -0.39 is 0 Å². The Morgan fingerprint density at radius 2 is 2.10 bits per heavy atom. The smallest absolute Gasteiger partial charge is 0.119 e. The van der Waals surface area contributed by atoms with Crippen molar-refractivity contribution in [2.45, 2.75) is 25.8 Å². The summed E-state index contributed by atoms with van der Waals surface area (Å²) < 4.78 is 7.55. The van der Waals surface area contributed by atoms with Crippen LogP contribution in [0.15, 0.2) is 36.5 Å². The molecular weight excluding hydrogens is 252 g/mol. The van der Waals surface area contributed by atoms with E-state index in [1.165, 1.54) is 0 Å². The highest BCUT2D eigenvalue weighted by atomic mass is 16.5. The van der Waals surface area contributed by atoms with Gasteiger partial charge in [-0.05, 0) is 25.1 Å². The van der Waals surface area contributed by atoms with Crippen LogP contribution in [-0.2, 0) is 13.5 Å². The van der Waals surface area contributed by atoms with E-state index in [0.29, 0.717) is 6.61 Å². The molecule has 1 N–H and O–H groups in total. The molecule has 0 saturated carbocycles. The average molecular weight is 274 g/mol. The molecule has 0 fully saturated rings. The van der Waals surface area contributed by atoms with Crippen LogP contribution in [0.4, 0.5) is 0 Å². The molecule has 0 spiro atoms. The topological polar surface area (TPSA) is 52.0 Å². The molecule has 1 aromatic carbocycles. The van der Waals surface area contributed by atoms with Crippen LogP contribution in [-0.4, -0.2) is 34.2 Å². The summed E-state index contributed by atoms with van der Waals surface area (Å²) in [4.78, 5) is 0. The van der Waals surface area contributed by atoms with Crippen molar-refractivity contribution in [3.05, 3.63) is 42.2 Å². The molecule has 2 aromatic rings. The molecule has 20 heavy (non-hydrogen) atoms. The molecule has 1 atom stereocenters. The number of benzene rings is 1. The molecule has 0 aliphatic heterocycles. The van der Waals surface area contributed by atoms with E-state index >= 15 is 0 Å². The van der Waals surface area contributed by atoms with Gasteiger partial charge in [-0.15, -0.1) is 5.10 Å². The normalized spacial score (nSPS) is 12.3. The van der Waals surface area contributed by atoms with Gasteiger partial charge < -0.3 is 10.1 Å². The van der Waals surface area contributed by atoms with Crippen molar-refractivity contribution in [2.75, 3.05) is 13.2 Å². The number of aryl methyl sites for hydroxylation is 1. The van der Waals surface area contributed by atoms with Gasteiger partial charge in [-0.1, -0.05) is 30.3 Å². The van der Waals surface area contributed by atoms with E-state index in [4.69, 9.17) is 4.74 Å². The van der Waals surface area contributed by atoms with Crippen LogP contribution < -0.4 is 10.1 Å². The fourth-order valence-corrected chi connectivity index (χ4v) is 1.99. The summed E-state index contributed by atoms with van der Waals surface area (Å²) in [7, 11) is 1.88. The Morgan fingerprint density at radius 3 is 2.75 bits per heavy atom. The van der Waals surface area contributed by atoms with Gasteiger partial charge in [0.05, 0.1) is 5.69 Å². The first-order valence-corrected chi connectivity index (χ1v) is 7.04. The van der Waals surface area contributed by atoms with Gasteiger partial charge in [0, 0.05) is 25.7 Å². The van der Waals surface area contributed by atoms with E-state index in [-0.39, 0.29) is 6.04 Å². The van der Waals surface area contributed by atoms with Crippen LogP contribution in [0.25, 0.3) is 0 Å². The number of rotatable bonds is 8. The van der Waals surface area contributed by atoms with Crippen LogP contribution in [0.2, 0.25) is 0 Å². The number of hydrogen-bond acceptors (Lipinski definition) is 4. The van der Waals surface area contributed by atoms with Gasteiger partial charge >= 0.3 is 0 Å². The second kappa shape index (κ2) is 7.65. The lowest BCUT2D eigenvalue weighted by Crippen LogP contribution is -2.37. The van der Waals surface area contributed by atoms with Gasteiger partial charge in [0.25, 0.3) is 0 Å². The van der Waals surface area contributed by atoms with Crippen molar-refractivity contribution in [3.8, 4) is 5.75 Å². The molecule has 1 unspecified atom stereocenters. The van der Waals surface area contributed by atoms with E-state index in [1.807, 2.05) is 43.6 Å². The van der Waals surface area contributed by atoms with Gasteiger partial charge in [-0.25, -0.2) is 0 Å². The SMILES string of the molecule is CCCNC(COc1ccccc1)Cc1cn(C)nn1. The number of nitrogens with one attached hydrogen (secondary N) is 1. The Morgan fingerprint density at radius 1 is 1.30 bits per heavy atom. The monoisotopic (exact) mass is 274 g/mol. The largest absolute Gasteiger partial charge is 0.492 e. The van der Waals surface area contributed by atoms with E-state index in [2.05, 4.69) is 22.6 Å². The summed E-state index contributed by atoms with van der Waals surface area (Å²) in [6.45, 7) is 3.76. The lowest BCUT2D eigenvalue weighted by Gasteiger charge is -2.18. The quantitative estimate of drug-likeness (QED) is 0.797. The minimum absolute atomic E-state index is 0.242. The third kappa shape index (κ3) is 4.66. The Kier molecular flexibility index (Phi) is 5.55. The number of para-hydroxylation sites is 1. The van der Waals surface area contributed by atoms with E-state index in [1.54, 1.807) is 4.68 Å². The molecule has 5 heteroatoms. The molecule has 108 valence electrons.